The number of allylic oxidation sites excluding steroid dienone is 1. The van der Waals surface area contributed by atoms with Crippen molar-refractivity contribution in [2.45, 2.75) is 39.7 Å². The molecule has 1 aliphatic rings. The van der Waals surface area contributed by atoms with Crippen LogP contribution in [0.5, 0.6) is 0 Å². The van der Waals surface area contributed by atoms with Crippen LogP contribution in [0, 0.1) is 5.92 Å². The van der Waals surface area contributed by atoms with Crippen LogP contribution >= 0.6 is 0 Å². The van der Waals surface area contributed by atoms with Crippen molar-refractivity contribution in [2.24, 2.45) is 5.92 Å². The van der Waals surface area contributed by atoms with Crippen molar-refractivity contribution in [1.29, 1.82) is 0 Å². The molecule has 1 unspecified atom stereocenters. The summed E-state index contributed by atoms with van der Waals surface area (Å²) in [6, 6.07) is 0.678. The first-order chi connectivity index (χ1) is 5.75. The van der Waals surface area contributed by atoms with Gasteiger partial charge in [0.1, 0.15) is 0 Å². The van der Waals surface area contributed by atoms with Gasteiger partial charge in [-0.05, 0) is 38.8 Å². The maximum atomic E-state index is 2.60. The largest absolute Gasteiger partial charge is 0.297 e. The Morgan fingerprint density at radius 3 is 2.17 bits per heavy atom. The molecular formula is C11H21N. The van der Waals surface area contributed by atoms with Crippen molar-refractivity contribution < 1.29 is 0 Å². The Labute approximate surface area is 76.5 Å². The second-order valence-electron chi connectivity index (χ2n) is 4.00. The summed E-state index contributed by atoms with van der Waals surface area (Å²) in [5.74, 6) is 0.749. The lowest BCUT2D eigenvalue weighted by atomic mass is 10.0. The molecule has 0 aliphatic carbocycles. The minimum atomic E-state index is 0.678. The second-order valence-corrected chi connectivity index (χ2v) is 4.00. The quantitative estimate of drug-likeness (QED) is 0.584. The average Bonchev–Trinajstić information content (AvgIpc) is 2.51. The third-order valence-corrected chi connectivity index (χ3v) is 2.63. The zero-order valence-electron chi connectivity index (χ0n) is 8.59. The molecule has 1 heteroatoms. The van der Waals surface area contributed by atoms with Gasteiger partial charge in [0.2, 0.25) is 0 Å². The van der Waals surface area contributed by atoms with Crippen LogP contribution in [0.25, 0.3) is 0 Å². The van der Waals surface area contributed by atoms with E-state index < -0.39 is 0 Å². The Morgan fingerprint density at radius 1 is 1.17 bits per heavy atom. The number of rotatable bonds is 3. The third kappa shape index (κ3) is 2.34. The lowest BCUT2D eigenvalue weighted by Gasteiger charge is -2.27. The molecule has 0 N–H and O–H groups in total. The molecule has 1 heterocycles. The molecule has 1 rings (SSSR count). The summed E-state index contributed by atoms with van der Waals surface area (Å²) in [6.07, 6.45) is 7.31. The van der Waals surface area contributed by atoms with Gasteiger partial charge in [-0.25, -0.2) is 0 Å². The first-order valence-corrected chi connectivity index (χ1v) is 5.12. The maximum absolute atomic E-state index is 2.60. The number of nitrogens with zero attached hydrogens (tertiary/aromatic N) is 1. The van der Waals surface area contributed by atoms with Gasteiger partial charge < -0.3 is 0 Å². The number of hydrogen-bond donors (Lipinski definition) is 0. The maximum Gasteiger partial charge on any atom is 0.0301 e. The van der Waals surface area contributed by atoms with E-state index in [0.29, 0.717) is 6.04 Å². The van der Waals surface area contributed by atoms with Crippen molar-refractivity contribution >= 4 is 0 Å². The summed E-state index contributed by atoms with van der Waals surface area (Å²) in [5.41, 5.74) is 0. The van der Waals surface area contributed by atoms with Crippen LogP contribution in [0.3, 0.4) is 0 Å². The number of likely N-dealkylation sites (tertiary alicyclic amines) is 1. The van der Waals surface area contributed by atoms with Crippen LogP contribution in [0.15, 0.2) is 12.2 Å². The Hall–Kier alpha value is -0.300. The van der Waals surface area contributed by atoms with Gasteiger partial charge >= 0.3 is 0 Å². The average molecular weight is 167 g/mol. The molecule has 0 bridgehead atoms. The second kappa shape index (κ2) is 4.66. The molecule has 70 valence electrons. The Morgan fingerprint density at radius 2 is 1.75 bits per heavy atom. The van der Waals surface area contributed by atoms with Gasteiger partial charge in [0.25, 0.3) is 0 Å². The van der Waals surface area contributed by atoms with Crippen LogP contribution in [-0.2, 0) is 0 Å². The van der Waals surface area contributed by atoms with E-state index in [9.17, 15) is 0 Å². The lowest BCUT2D eigenvalue weighted by molar-refractivity contribution is 0.233. The van der Waals surface area contributed by atoms with E-state index >= 15 is 0 Å². The van der Waals surface area contributed by atoms with E-state index in [1.165, 1.54) is 25.9 Å². The van der Waals surface area contributed by atoms with Crippen molar-refractivity contribution in [2.75, 3.05) is 13.1 Å². The first kappa shape index (κ1) is 9.79. The van der Waals surface area contributed by atoms with E-state index in [1.807, 2.05) is 0 Å². The van der Waals surface area contributed by atoms with Crippen LogP contribution in [0.4, 0.5) is 0 Å². The summed E-state index contributed by atoms with van der Waals surface area (Å²) in [7, 11) is 0. The fraction of sp³-hybridized carbons (Fsp3) is 0.818. The van der Waals surface area contributed by atoms with Gasteiger partial charge in [0, 0.05) is 6.04 Å². The van der Waals surface area contributed by atoms with Crippen molar-refractivity contribution in [1.82, 2.24) is 4.90 Å². The smallest absolute Gasteiger partial charge is 0.0301 e. The predicted molar refractivity (Wildman–Crippen MR) is 54.2 cm³/mol. The molecule has 0 spiro atoms. The molecule has 0 aromatic rings. The minimum Gasteiger partial charge on any atom is -0.297 e. The molecule has 1 atom stereocenters. The SMILES string of the molecule is C/C=C/C(C(C)C)N1CCCC1. The molecule has 0 aromatic heterocycles. The number of hydrogen-bond acceptors (Lipinski definition) is 1. The van der Waals surface area contributed by atoms with Crippen LogP contribution in [0.2, 0.25) is 0 Å². The van der Waals surface area contributed by atoms with Crippen molar-refractivity contribution in [3.63, 3.8) is 0 Å². The van der Waals surface area contributed by atoms with Crippen molar-refractivity contribution in [3.05, 3.63) is 12.2 Å². The standard InChI is InChI=1S/C11H21N/c1-4-7-11(10(2)3)12-8-5-6-9-12/h4,7,10-11H,5-6,8-9H2,1-3H3/b7-4+. The van der Waals surface area contributed by atoms with Crippen molar-refractivity contribution in [3.8, 4) is 0 Å². The molecule has 0 aromatic carbocycles. The molecule has 0 amide bonds. The molecule has 0 saturated carbocycles. The van der Waals surface area contributed by atoms with E-state index in [-0.39, 0.29) is 0 Å². The van der Waals surface area contributed by atoms with Gasteiger partial charge in [-0.3, -0.25) is 4.90 Å². The normalized spacial score (nSPS) is 22.7. The van der Waals surface area contributed by atoms with Gasteiger partial charge in [-0.15, -0.1) is 0 Å². The molecule has 0 radical (unpaired) electrons. The van der Waals surface area contributed by atoms with Gasteiger partial charge in [-0.1, -0.05) is 26.0 Å². The Balaban J connectivity index is 2.51. The molecule has 1 saturated heterocycles. The minimum absolute atomic E-state index is 0.678. The van der Waals surface area contributed by atoms with Gasteiger partial charge in [0.05, 0.1) is 0 Å². The molecule has 1 fully saturated rings. The fourth-order valence-corrected chi connectivity index (χ4v) is 2.00. The predicted octanol–water partition coefficient (Wildman–Crippen LogP) is 2.68. The van der Waals surface area contributed by atoms with E-state index in [4.69, 9.17) is 0 Å². The monoisotopic (exact) mass is 167 g/mol. The van der Waals surface area contributed by atoms with E-state index in [2.05, 4.69) is 37.8 Å². The Kier molecular flexibility index (Phi) is 3.80. The summed E-state index contributed by atoms with van der Waals surface area (Å²) in [4.78, 5) is 2.60. The summed E-state index contributed by atoms with van der Waals surface area (Å²) < 4.78 is 0. The highest BCUT2D eigenvalue weighted by Crippen LogP contribution is 2.18. The highest BCUT2D eigenvalue weighted by molar-refractivity contribution is 4.95. The summed E-state index contributed by atoms with van der Waals surface area (Å²) in [6.45, 7) is 9.33. The molecule has 1 nitrogen and oxygen atoms in total. The van der Waals surface area contributed by atoms with Crippen LogP contribution < -0.4 is 0 Å². The first-order valence-electron chi connectivity index (χ1n) is 5.12. The summed E-state index contributed by atoms with van der Waals surface area (Å²) >= 11 is 0. The van der Waals surface area contributed by atoms with Crippen LogP contribution in [-0.4, -0.2) is 24.0 Å². The van der Waals surface area contributed by atoms with E-state index in [1.54, 1.807) is 0 Å². The zero-order chi connectivity index (χ0) is 8.97. The molecule has 12 heavy (non-hydrogen) atoms. The molecule has 1 aliphatic heterocycles. The fourth-order valence-electron chi connectivity index (χ4n) is 2.00. The zero-order valence-corrected chi connectivity index (χ0v) is 8.59. The van der Waals surface area contributed by atoms with Gasteiger partial charge in [0.15, 0.2) is 0 Å². The van der Waals surface area contributed by atoms with Gasteiger partial charge in [-0.2, -0.15) is 0 Å². The third-order valence-electron chi connectivity index (χ3n) is 2.63. The Bertz CT molecular complexity index is 143. The summed E-state index contributed by atoms with van der Waals surface area (Å²) in [5, 5.41) is 0. The molecular weight excluding hydrogens is 146 g/mol. The van der Waals surface area contributed by atoms with E-state index in [0.717, 1.165) is 5.92 Å². The van der Waals surface area contributed by atoms with Crippen LogP contribution in [0.1, 0.15) is 33.6 Å². The highest BCUT2D eigenvalue weighted by atomic mass is 15.2. The lowest BCUT2D eigenvalue weighted by Crippen LogP contribution is -2.35. The topological polar surface area (TPSA) is 3.24 Å². The highest BCUT2D eigenvalue weighted by Gasteiger charge is 2.21.